The van der Waals surface area contributed by atoms with Crippen LogP contribution in [0.3, 0.4) is 0 Å². The summed E-state index contributed by atoms with van der Waals surface area (Å²) in [6.07, 6.45) is 1.99. The Morgan fingerprint density at radius 1 is 1.00 bits per heavy atom. The number of benzene rings is 2. The van der Waals surface area contributed by atoms with Gasteiger partial charge in [0.05, 0.1) is 14.2 Å². The van der Waals surface area contributed by atoms with Gasteiger partial charge in [0.1, 0.15) is 11.5 Å². The monoisotopic (exact) mass is 441 g/mol. The van der Waals surface area contributed by atoms with E-state index in [4.69, 9.17) is 21.7 Å². The second kappa shape index (κ2) is 9.45. The summed E-state index contributed by atoms with van der Waals surface area (Å²) in [6, 6.07) is 16.3. The van der Waals surface area contributed by atoms with Gasteiger partial charge in [0.2, 0.25) is 0 Å². The third kappa shape index (κ3) is 6.11. The Morgan fingerprint density at radius 2 is 1.61 bits per heavy atom. The lowest BCUT2D eigenvalue weighted by Gasteiger charge is -2.50. The number of piperidine rings is 1. The van der Waals surface area contributed by atoms with Crippen LogP contribution in [0.4, 0.5) is 5.69 Å². The molecule has 1 fully saturated rings. The van der Waals surface area contributed by atoms with Gasteiger partial charge in [-0.1, -0.05) is 18.2 Å². The molecule has 1 saturated heterocycles. The Balaban J connectivity index is 1.90. The molecule has 0 bridgehead atoms. The molecule has 168 valence electrons. The van der Waals surface area contributed by atoms with Crippen LogP contribution in [-0.4, -0.2) is 41.4 Å². The molecule has 0 atom stereocenters. The summed E-state index contributed by atoms with van der Waals surface area (Å²) >= 11 is 5.95. The van der Waals surface area contributed by atoms with Crippen molar-refractivity contribution in [3.8, 4) is 11.5 Å². The van der Waals surface area contributed by atoms with Crippen molar-refractivity contribution in [1.29, 1.82) is 0 Å². The van der Waals surface area contributed by atoms with E-state index in [9.17, 15) is 0 Å². The van der Waals surface area contributed by atoms with Crippen LogP contribution in [0.5, 0.6) is 11.5 Å². The Bertz CT molecular complexity index is 880. The van der Waals surface area contributed by atoms with Gasteiger partial charge >= 0.3 is 0 Å². The highest BCUT2D eigenvalue weighted by atomic mass is 32.1. The average molecular weight is 442 g/mol. The van der Waals surface area contributed by atoms with Gasteiger partial charge in [0, 0.05) is 34.9 Å². The molecule has 0 unspecified atom stereocenters. The van der Waals surface area contributed by atoms with Crippen molar-refractivity contribution in [3.05, 3.63) is 54.1 Å². The van der Waals surface area contributed by atoms with E-state index in [0.29, 0.717) is 6.54 Å². The molecule has 31 heavy (non-hydrogen) atoms. The molecular weight excluding hydrogens is 406 g/mol. The maximum absolute atomic E-state index is 5.95. The molecule has 6 heteroatoms. The van der Waals surface area contributed by atoms with Crippen molar-refractivity contribution >= 4 is 23.0 Å². The summed E-state index contributed by atoms with van der Waals surface area (Å²) in [7, 11) is 3.39. The predicted molar refractivity (Wildman–Crippen MR) is 132 cm³/mol. The van der Waals surface area contributed by atoms with Crippen molar-refractivity contribution < 1.29 is 9.47 Å². The molecule has 1 heterocycles. The third-order valence-electron chi connectivity index (χ3n) is 5.74. The van der Waals surface area contributed by atoms with Crippen LogP contribution in [0.15, 0.2) is 48.5 Å². The van der Waals surface area contributed by atoms with Gasteiger partial charge in [0.25, 0.3) is 0 Å². The van der Waals surface area contributed by atoms with Crippen molar-refractivity contribution in [1.82, 2.24) is 10.2 Å². The molecule has 1 aliphatic rings. The molecule has 2 aromatic rings. The SMILES string of the molecule is COc1ccc(NC(=S)N(Cc2ccccc2OC)C2CC(C)(C)NC(C)(C)C2)cc1. The third-order valence-corrected chi connectivity index (χ3v) is 6.08. The molecule has 0 radical (unpaired) electrons. The Kier molecular flexibility index (Phi) is 7.12. The zero-order valence-electron chi connectivity index (χ0n) is 19.5. The van der Waals surface area contributed by atoms with Crippen molar-refractivity contribution in [2.75, 3.05) is 19.5 Å². The summed E-state index contributed by atoms with van der Waals surface area (Å²) in [4.78, 5) is 2.32. The Morgan fingerprint density at radius 3 is 2.19 bits per heavy atom. The van der Waals surface area contributed by atoms with Gasteiger partial charge in [-0.05, 0) is 83.1 Å². The molecular formula is C25H35N3O2S. The number of anilines is 1. The fourth-order valence-corrected chi connectivity index (χ4v) is 5.07. The largest absolute Gasteiger partial charge is 0.497 e. The minimum Gasteiger partial charge on any atom is -0.497 e. The molecule has 0 aromatic heterocycles. The number of hydrogen-bond donors (Lipinski definition) is 2. The number of thiocarbonyl (C=S) groups is 1. The van der Waals surface area contributed by atoms with Crippen LogP contribution in [0.2, 0.25) is 0 Å². The zero-order valence-corrected chi connectivity index (χ0v) is 20.3. The Labute approximate surface area is 192 Å². The maximum atomic E-state index is 5.95. The van der Waals surface area contributed by atoms with Crippen LogP contribution in [0.1, 0.15) is 46.1 Å². The van der Waals surface area contributed by atoms with Crippen molar-refractivity contribution in [2.24, 2.45) is 0 Å². The molecule has 3 rings (SSSR count). The highest BCUT2D eigenvalue weighted by Gasteiger charge is 2.40. The first-order chi connectivity index (χ1) is 14.6. The summed E-state index contributed by atoms with van der Waals surface area (Å²) in [5, 5.41) is 7.94. The number of nitrogens with zero attached hydrogens (tertiary/aromatic N) is 1. The first-order valence-corrected chi connectivity index (χ1v) is 11.2. The zero-order chi connectivity index (χ0) is 22.6. The van der Waals surface area contributed by atoms with E-state index in [-0.39, 0.29) is 17.1 Å². The standard InChI is InChI=1S/C25H35N3O2S/c1-24(2)15-20(16-25(3,4)27-24)28(17-18-9-7-8-10-22(18)30-6)23(31)26-19-11-13-21(29-5)14-12-19/h7-14,20,27H,15-17H2,1-6H3,(H,26,31). The van der Waals surface area contributed by atoms with Gasteiger partial charge in [-0.15, -0.1) is 0 Å². The maximum Gasteiger partial charge on any atom is 0.173 e. The van der Waals surface area contributed by atoms with E-state index in [2.05, 4.69) is 49.3 Å². The van der Waals surface area contributed by atoms with Crippen LogP contribution >= 0.6 is 12.2 Å². The molecule has 0 aliphatic carbocycles. The minimum absolute atomic E-state index is 0.0150. The minimum atomic E-state index is 0.0150. The lowest BCUT2D eigenvalue weighted by atomic mass is 9.79. The van der Waals surface area contributed by atoms with E-state index >= 15 is 0 Å². The highest BCUT2D eigenvalue weighted by molar-refractivity contribution is 7.80. The number of hydrogen-bond acceptors (Lipinski definition) is 4. The van der Waals surface area contributed by atoms with Crippen LogP contribution in [0.25, 0.3) is 0 Å². The fourth-order valence-electron chi connectivity index (χ4n) is 4.74. The first kappa shape index (κ1) is 23.4. The van der Waals surface area contributed by atoms with Crippen LogP contribution in [-0.2, 0) is 6.54 Å². The number of rotatable bonds is 6. The van der Waals surface area contributed by atoms with Crippen molar-refractivity contribution in [3.63, 3.8) is 0 Å². The van der Waals surface area contributed by atoms with Gasteiger partial charge in [-0.25, -0.2) is 0 Å². The Hall–Kier alpha value is -2.31. The molecule has 0 saturated carbocycles. The van der Waals surface area contributed by atoms with E-state index in [0.717, 1.165) is 40.7 Å². The highest BCUT2D eigenvalue weighted by Crippen LogP contribution is 2.33. The van der Waals surface area contributed by atoms with E-state index in [1.165, 1.54) is 0 Å². The van der Waals surface area contributed by atoms with Gasteiger partial charge in [-0.2, -0.15) is 0 Å². The number of ether oxygens (including phenoxy) is 2. The molecule has 2 N–H and O–H groups in total. The van der Waals surface area contributed by atoms with E-state index in [1.807, 2.05) is 42.5 Å². The number of nitrogens with one attached hydrogen (secondary N) is 2. The van der Waals surface area contributed by atoms with E-state index in [1.54, 1.807) is 14.2 Å². The topological polar surface area (TPSA) is 45.8 Å². The second-order valence-electron chi connectivity index (χ2n) is 9.55. The molecule has 0 amide bonds. The molecule has 0 spiro atoms. The lowest BCUT2D eigenvalue weighted by Crippen LogP contribution is -2.63. The van der Waals surface area contributed by atoms with Gasteiger partial charge < -0.3 is 25.0 Å². The molecule has 5 nitrogen and oxygen atoms in total. The van der Waals surface area contributed by atoms with Crippen LogP contribution in [0, 0.1) is 0 Å². The smallest absolute Gasteiger partial charge is 0.173 e. The summed E-state index contributed by atoms with van der Waals surface area (Å²) < 4.78 is 10.9. The second-order valence-corrected chi connectivity index (χ2v) is 9.94. The fraction of sp³-hybridized carbons (Fsp3) is 0.480. The first-order valence-electron chi connectivity index (χ1n) is 10.8. The average Bonchev–Trinajstić information content (AvgIpc) is 2.70. The van der Waals surface area contributed by atoms with E-state index < -0.39 is 0 Å². The van der Waals surface area contributed by atoms with Crippen molar-refractivity contribution in [2.45, 2.75) is 64.2 Å². The normalized spacial score (nSPS) is 17.6. The van der Waals surface area contributed by atoms with Gasteiger partial charge in [-0.3, -0.25) is 0 Å². The summed E-state index contributed by atoms with van der Waals surface area (Å²) in [5.41, 5.74) is 2.10. The number of para-hydroxylation sites is 1. The predicted octanol–water partition coefficient (Wildman–Crippen LogP) is 5.21. The van der Waals surface area contributed by atoms with Gasteiger partial charge in [0.15, 0.2) is 5.11 Å². The molecule has 1 aliphatic heterocycles. The lowest BCUT2D eigenvalue weighted by molar-refractivity contribution is 0.101. The summed E-state index contributed by atoms with van der Waals surface area (Å²) in [6.45, 7) is 9.75. The number of methoxy groups -OCH3 is 2. The quantitative estimate of drug-likeness (QED) is 0.600. The summed E-state index contributed by atoms with van der Waals surface area (Å²) in [5.74, 6) is 1.71. The van der Waals surface area contributed by atoms with Crippen LogP contribution < -0.4 is 20.1 Å². The molecule has 2 aromatic carbocycles.